The van der Waals surface area contributed by atoms with E-state index >= 15 is 0 Å². The fourth-order valence-electron chi connectivity index (χ4n) is 1.41. The van der Waals surface area contributed by atoms with Crippen LogP contribution in [0, 0.1) is 3.70 Å². The maximum Gasteiger partial charge on any atom is 0.310 e. The van der Waals surface area contributed by atoms with Crippen LogP contribution in [-0.2, 0) is 21.8 Å². The lowest BCUT2D eigenvalue weighted by atomic mass is 10.1. The largest absolute Gasteiger partial charge is 0.466 e. The number of hydrogen-bond donors (Lipinski definition) is 0. The number of pyridine rings is 1. The first-order chi connectivity index (χ1) is 8.49. The number of nitrogens with zero attached hydrogens (tertiary/aromatic N) is 1. The van der Waals surface area contributed by atoms with Crippen LogP contribution in [0.15, 0.2) is 6.07 Å². The Balaban J connectivity index is 3.12. The zero-order chi connectivity index (χ0) is 13.7. The van der Waals surface area contributed by atoms with E-state index in [-0.39, 0.29) is 30.0 Å². The molecule has 0 N–H and O–H groups in total. The number of carbonyl (C=O) groups is 1. The highest BCUT2D eigenvalue weighted by Gasteiger charge is 2.20. The van der Waals surface area contributed by atoms with Crippen molar-refractivity contribution < 1.29 is 18.3 Å². The third-order valence-electron chi connectivity index (χ3n) is 2.16. The highest BCUT2D eigenvalue weighted by molar-refractivity contribution is 14.1. The summed E-state index contributed by atoms with van der Waals surface area (Å²) in [4.78, 5) is 15.4. The minimum Gasteiger partial charge on any atom is -0.466 e. The summed E-state index contributed by atoms with van der Waals surface area (Å²) in [5, 5.41) is 0. The number of ether oxygens (including phenoxy) is 1. The fraction of sp³-hybridized carbons (Fsp3) is 0.455. The molecule has 0 aliphatic rings. The van der Waals surface area contributed by atoms with Crippen LogP contribution in [-0.4, -0.2) is 17.6 Å². The number of carbonyl (C=O) groups excluding carboxylic acids is 1. The molecule has 0 unspecified atom stereocenters. The summed E-state index contributed by atoms with van der Waals surface area (Å²) in [6.07, 6.45) is -2.88. The van der Waals surface area contributed by atoms with Crippen LogP contribution in [0.2, 0.25) is 0 Å². The molecule has 0 spiro atoms. The van der Waals surface area contributed by atoms with E-state index in [1.54, 1.807) is 6.92 Å². The van der Waals surface area contributed by atoms with Crippen molar-refractivity contribution in [1.29, 1.82) is 0 Å². The second kappa shape index (κ2) is 7.18. The van der Waals surface area contributed by atoms with Gasteiger partial charge in [0.25, 0.3) is 6.43 Å². The Bertz CT molecular complexity index is 443. The molecular weight excluding hydrogens is 378 g/mol. The van der Waals surface area contributed by atoms with E-state index in [0.717, 1.165) is 0 Å². The molecule has 1 aromatic heterocycles. The van der Waals surface area contributed by atoms with Gasteiger partial charge in [-0.25, -0.2) is 13.8 Å². The van der Waals surface area contributed by atoms with Gasteiger partial charge in [0.2, 0.25) is 0 Å². The van der Waals surface area contributed by atoms with Gasteiger partial charge in [0.1, 0.15) is 3.70 Å². The lowest BCUT2D eigenvalue weighted by molar-refractivity contribution is -0.142. The molecule has 0 aliphatic heterocycles. The molecule has 0 aromatic carbocycles. The summed E-state index contributed by atoms with van der Waals surface area (Å²) < 4.78 is 31.0. The molecule has 0 bridgehead atoms. The van der Waals surface area contributed by atoms with E-state index < -0.39 is 12.4 Å². The van der Waals surface area contributed by atoms with Crippen LogP contribution in [0.25, 0.3) is 0 Å². The van der Waals surface area contributed by atoms with Crippen LogP contribution >= 0.6 is 34.2 Å². The molecule has 0 saturated heterocycles. The molecule has 1 heterocycles. The molecule has 0 radical (unpaired) electrons. The summed E-state index contributed by atoms with van der Waals surface area (Å²) in [5.74, 6) is -0.493. The molecule has 100 valence electrons. The number of esters is 1. The summed E-state index contributed by atoms with van der Waals surface area (Å²) >= 11 is 7.40. The van der Waals surface area contributed by atoms with Gasteiger partial charge in [-0.15, -0.1) is 11.6 Å². The first-order valence-corrected chi connectivity index (χ1v) is 6.78. The van der Waals surface area contributed by atoms with Gasteiger partial charge < -0.3 is 4.74 Å². The normalized spacial score (nSPS) is 10.8. The smallest absolute Gasteiger partial charge is 0.310 e. The number of halogens is 4. The van der Waals surface area contributed by atoms with E-state index in [1.165, 1.54) is 6.07 Å². The van der Waals surface area contributed by atoms with Gasteiger partial charge >= 0.3 is 5.97 Å². The van der Waals surface area contributed by atoms with E-state index in [1.807, 2.05) is 22.6 Å². The van der Waals surface area contributed by atoms with Crippen molar-refractivity contribution in [3.05, 3.63) is 26.6 Å². The number of aromatic nitrogens is 1. The summed E-state index contributed by atoms with van der Waals surface area (Å²) in [6.45, 7) is 1.87. The van der Waals surface area contributed by atoms with Crippen molar-refractivity contribution in [3.63, 3.8) is 0 Å². The lowest BCUT2D eigenvalue weighted by Gasteiger charge is -2.11. The van der Waals surface area contributed by atoms with Gasteiger partial charge in [-0.1, -0.05) is 0 Å². The first-order valence-electron chi connectivity index (χ1n) is 5.17. The maximum absolute atomic E-state index is 12.9. The van der Waals surface area contributed by atoms with Gasteiger partial charge in [0.05, 0.1) is 24.6 Å². The standard InChI is InChI=1S/C11H11ClF2INO2/c1-2-18-9(17)4-8-7(10(13)14)3-6(5-12)16-11(8)15/h3,10H,2,4-5H2,1H3. The maximum atomic E-state index is 12.9. The van der Waals surface area contributed by atoms with Crippen LogP contribution in [0.1, 0.15) is 30.2 Å². The monoisotopic (exact) mass is 389 g/mol. The van der Waals surface area contributed by atoms with Crippen molar-refractivity contribution in [2.24, 2.45) is 0 Å². The molecule has 0 aliphatic carbocycles. The predicted molar refractivity (Wildman–Crippen MR) is 71.8 cm³/mol. The molecule has 0 amide bonds. The molecule has 1 rings (SSSR count). The summed E-state index contributed by atoms with van der Waals surface area (Å²) in [7, 11) is 0. The molecule has 7 heteroatoms. The average molecular weight is 390 g/mol. The first kappa shape index (κ1) is 15.6. The Labute approximate surface area is 122 Å². The third-order valence-corrected chi connectivity index (χ3v) is 3.33. The van der Waals surface area contributed by atoms with E-state index in [2.05, 4.69) is 4.98 Å². The Morgan fingerprint density at radius 2 is 2.28 bits per heavy atom. The zero-order valence-electron chi connectivity index (χ0n) is 9.55. The Hall–Kier alpha value is -0.500. The molecule has 18 heavy (non-hydrogen) atoms. The van der Waals surface area contributed by atoms with Crippen LogP contribution in [0.4, 0.5) is 8.78 Å². The molecule has 3 nitrogen and oxygen atoms in total. The van der Waals surface area contributed by atoms with Gasteiger partial charge in [-0.3, -0.25) is 4.79 Å². The van der Waals surface area contributed by atoms with Gasteiger partial charge in [0.15, 0.2) is 0 Å². The highest BCUT2D eigenvalue weighted by atomic mass is 127. The number of hydrogen-bond acceptors (Lipinski definition) is 3. The Morgan fingerprint density at radius 3 is 2.78 bits per heavy atom. The van der Waals surface area contributed by atoms with Gasteiger partial charge in [-0.2, -0.15) is 0 Å². The van der Waals surface area contributed by atoms with Crippen LogP contribution < -0.4 is 0 Å². The molecule has 0 fully saturated rings. The van der Waals surface area contributed by atoms with E-state index in [9.17, 15) is 13.6 Å². The minimum atomic E-state index is -2.67. The van der Waals surface area contributed by atoms with Crippen molar-refractivity contribution in [1.82, 2.24) is 4.98 Å². The van der Waals surface area contributed by atoms with Gasteiger partial charge in [-0.05, 0) is 35.6 Å². The van der Waals surface area contributed by atoms with Crippen molar-refractivity contribution in [3.8, 4) is 0 Å². The van der Waals surface area contributed by atoms with Crippen molar-refractivity contribution in [2.45, 2.75) is 25.7 Å². The predicted octanol–water partition coefficient (Wildman–Crippen LogP) is 3.47. The Kier molecular flexibility index (Phi) is 6.20. The van der Waals surface area contributed by atoms with Crippen LogP contribution in [0.5, 0.6) is 0 Å². The van der Waals surface area contributed by atoms with Crippen molar-refractivity contribution >= 4 is 40.2 Å². The molecular formula is C11H11ClF2INO2. The highest BCUT2D eigenvalue weighted by Crippen LogP contribution is 2.27. The summed E-state index contributed by atoms with van der Waals surface area (Å²) in [6, 6.07) is 1.23. The van der Waals surface area contributed by atoms with E-state index in [4.69, 9.17) is 16.3 Å². The third kappa shape index (κ3) is 4.01. The SMILES string of the molecule is CCOC(=O)Cc1c(C(F)F)cc(CCl)nc1I. The number of rotatable bonds is 5. The second-order valence-electron chi connectivity index (χ2n) is 3.39. The fourth-order valence-corrected chi connectivity index (χ4v) is 2.35. The topological polar surface area (TPSA) is 39.2 Å². The van der Waals surface area contributed by atoms with E-state index in [0.29, 0.717) is 9.39 Å². The van der Waals surface area contributed by atoms with Gasteiger partial charge in [0, 0.05) is 11.1 Å². The second-order valence-corrected chi connectivity index (χ2v) is 4.68. The molecule has 0 saturated carbocycles. The average Bonchev–Trinajstić information content (AvgIpc) is 2.31. The lowest BCUT2D eigenvalue weighted by Crippen LogP contribution is -2.12. The molecule has 1 aromatic rings. The minimum absolute atomic E-state index is 0.0510. The summed E-state index contributed by atoms with van der Waals surface area (Å²) in [5.41, 5.74) is 0.361. The Morgan fingerprint density at radius 1 is 1.61 bits per heavy atom. The van der Waals surface area contributed by atoms with Crippen molar-refractivity contribution in [2.75, 3.05) is 6.61 Å². The molecule has 0 atom stereocenters. The number of alkyl halides is 3. The zero-order valence-corrected chi connectivity index (χ0v) is 12.5. The quantitative estimate of drug-likeness (QED) is 0.335. The van der Waals surface area contributed by atoms with Crippen LogP contribution in [0.3, 0.4) is 0 Å².